The highest BCUT2D eigenvalue weighted by Gasteiger charge is 2.31. The van der Waals surface area contributed by atoms with Gasteiger partial charge in [-0.2, -0.15) is 5.10 Å². The van der Waals surface area contributed by atoms with Crippen LogP contribution in [0.5, 0.6) is 5.75 Å². The Labute approximate surface area is 159 Å². The predicted octanol–water partition coefficient (Wildman–Crippen LogP) is -0.108. The highest BCUT2D eigenvalue weighted by molar-refractivity contribution is 7.99. The molecule has 1 saturated heterocycles. The van der Waals surface area contributed by atoms with Gasteiger partial charge in [-0.3, -0.25) is 14.8 Å². The predicted molar refractivity (Wildman–Crippen MR) is 96.4 cm³/mol. The lowest BCUT2D eigenvalue weighted by atomic mass is 10.1. The molecule has 2 aromatic rings. The fourth-order valence-electron chi connectivity index (χ4n) is 3.25. The van der Waals surface area contributed by atoms with E-state index in [-0.39, 0.29) is 11.1 Å². The Balaban J connectivity index is 1.90. The molecule has 0 amide bonds. The zero-order valence-electron chi connectivity index (χ0n) is 15.2. The Hall–Kier alpha value is -2.59. The Morgan fingerprint density at radius 3 is 2.78 bits per heavy atom. The molecule has 3 rings (SSSR count). The summed E-state index contributed by atoms with van der Waals surface area (Å²) in [6.07, 6.45) is 0. The van der Waals surface area contributed by atoms with E-state index in [2.05, 4.69) is 5.10 Å². The van der Waals surface area contributed by atoms with Gasteiger partial charge in [0.15, 0.2) is 5.37 Å². The number of methoxy groups -OCH3 is 1. The maximum absolute atomic E-state index is 11.2. The van der Waals surface area contributed by atoms with Gasteiger partial charge in [-0.1, -0.05) is 11.8 Å². The van der Waals surface area contributed by atoms with Crippen LogP contribution < -0.4 is 15.2 Å². The summed E-state index contributed by atoms with van der Waals surface area (Å²) in [5.41, 5.74) is 2.63. The molecular formula is C17H20N4O5S. The molecule has 0 bridgehead atoms. The van der Waals surface area contributed by atoms with Crippen molar-refractivity contribution in [1.29, 1.82) is 0 Å². The summed E-state index contributed by atoms with van der Waals surface area (Å²) in [6, 6.07) is 5.10. The van der Waals surface area contributed by atoms with Gasteiger partial charge in [-0.15, -0.1) is 0 Å². The number of hydrogen-bond acceptors (Lipinski definition) is 7. The fraction of sp³-hybridized carbons (Fsp3) is 0.412. The molecule has 0 radical (unpaired) electrons. The number of ether oxygens (including phenoxy) is 1. The first-order valence-electron chi connectivity index (χ1n) is 8.34. The number of rotatable bonds is 6. The van der Waals surface area contributed by atoms with E-state index in [1.165, 1.54) is 0 Å². The van der Waals surface area contributed by atoms with Crippen molar-refractivity contribution in [2.24, 2.45) is 0 Å². The molecule has 27 heavy (non-hydrogen) atoms. The summed E-state index contributed by atoms with van der Waals surface area (Å²) in [7, 11) is 1.56. The number of carboxylic acid groups (broad SMARTS) is 1. The van der Waals surface area contributed by atoms with E-state index < -0.39 is 16.9 Å². The Morgan fingerprint density at radius 1 is 1.48 bits per heavy atom. The maximum Gasteiger partial charge on any atom is 0.312 e. The van der Waals surface area contributed by atoms with Crippen LogP contribution in [-0.4, -0.2) is 39.6 Å². The molecule has 1 aromatic heterocycles. The van der Waals surface area contributed by atoms with Gasteiger partial charge in [0, 0.05) is 11.1 Å². The van der Waals surface area contributed by atoms with E-state index in [1.807, 2.05) is 18.2 Å². The van der Waals surface area contributed by atoms with E-state index in [0.717, 1.165) is 11.1 Å². The number of aryl methyl sites for hydroxylation is 1. The minimum Gasteiger partial charge on any atom is -0.544 e. The summed E-state index contributed by atoms with van der Waals surface area (Å²) in [5, 5.41) is 28.3. The van der Waals surface area contributed by atoms with Crippen molar-refractivity contribution in [3.63, 3.8) is 0 Å². The molecule has 1 aromatic carbocycles. The first-order valence-corrected chi connectivity index (χ1v) is 9.39. The van der Waals surface area contributed by atoms with E-state index in [0.29, 0.717) is 29.4 Å². The van der Waals surface area contributed by atoms with Crippen molar-refractivity contribution < 1.29 is 24.9 Å². The monoisotopic (exact) mass is 392 g/mol. The number of nitrogens with two attached hydrogens (primary N) is 1. The van der Waals surface area contributed by atoms with Crippen LogP contribution in [0.1, 0.15) is 27.9 Å². The number of nitro groups is 1. The molecule has 1 fully saturated rings. The molecule has 1 aliphatic heterocycles. The number of thioether (sulfide) groups is 1. The lowest BCUT2D eigenvalue weighted by Crippen LogP contribution is -2.90. The topological polar surface area (TPSA) is 127 Å². The minimum atomic E-state index is -1.06. The Morgan fingerprint density at radius 2 is 2.22 bits per heavy atom. The van der Waals surface area contributed by atoms with Gasteiger partial charge >= 0.3 is 5.69 Å². The van der Waals surface area contributed by atoms with Crippen molar-refractivity contribution in [2.75, 3.05) is 12.9 Å². The van der Waals surface area contributed by atoms with Gasteiger partial charge in [-0.05, 0) is 32.0 Å². The normalized spacial score (nSPS) is 19.2. The van der Waals surface area contributed by atoms with Crippen molar-refractivity contribution in [2.45, 2.75) is 31.8 Å². The third kappa shape index (κ3) is 3.76. The number of carbonyl (C=O) groups excluding carboxylic acids is 1. The number of quaternary nitrogens is 1. The summed E-state index contributed by atoms with van der Waals surface area (Å²) >= 11 is 1.55. The first-order chi connectivity index (χ1) is 12.8. The number of aliphatic carboxylic acids is 1. The SMILES string of the molecule is COc1ccc([C@@H]2[NH2+][C@H](C(=O)[O-])CS2)cc1Cn1nc(C)c([N+](=O)[O-])c1C. The van der Waals surface area contributed by atoms with Crippen LogP contribution in [0.4, 0.5) is 5.69 Å². The van der Waals surface area contributed by atoms with Crippen LogP contribution in [0.15, 0.2) is 18.2 Å². The van der Waals surface area contributed by atoms with Crippen LogP contribution in [-0.2, 0) is 11.3 Å². The fourth-order valence-corrected chi connectivity index (χ4v) is 4.55. The molecular weight excluding hydrogens is 372 g/mol. The molecule has 0 saturated carbocycles. The van der Waals surface area contributed by atoms with E-state index in [1.54, 1.807) is 42.7 Å². The number of hydrogen-bond donors (Lipinski definition) is 1. The average Bonchev–Trinajstić information content (AvgIpc) is 3.20. The number of benzene rings is 1. The number of aromatic nitrogens is 2. The first kappa shape index (κ1) is 19.2. The number of carbonyl (C=O) groups is 1. The standard InChI is InChI=1S/C17H20N4O5S/c1-9-15(21(24)25)10(2)20(19-9)7-12-6-11(4-5-14(12)26-3)16-18-13(8-27-16)17(22)23/h4-6,13,16,18H,7-8H2,1-3H3,(H,22,23)/t13-,16+/m0/s1. The average molecular weight is 392 g/mol. The minimum absolute atomic E-state index is 0.0154. The zero-order chi connectivity index (χ0) is 19.7. The molecule has 1 aliphatic rings. The van der Waals surface area contributed by atoms with Crippen LogP contribution in [0, 0.1) is 24.0 Å². The molecule has 10 heteroatoms. The number of carboxylic acids is 1. The van der Waals surface area contributed by atoms with E-state index in [9.17, 15) is 20.0 Å². The van der Waals surface area contributed by atoms with Crippen LogP contribution in [0.3, 0.4) is 0 Å². The highest BCUT2D eigenvalue weighted by Crippen LogP contribution is 2.31. The van der Waals surface area contributed by atoms with Crippen LogP contribution in [0.25, 0.3) is 0 Å². The summed E-state index contributed by atoms with van der Waals surface area (Å²) in [4.78, 5) is 21.9. The largest absolute Gasteiger partial charge is 0.544 e. The molecule has 0 aliphatic carbocycles. The van der Waals surface area contributed by atoms with E-state index >= 15 is 0 Å². The summed E-state index contributed by atoms with van der Waals surface area (Å²) in [6.45, 7) is 3.60. The van der Waals surface area contributed by atoms with Crippen LogP contribution >= 0.6 is 11.8 Å². The number of nitrogens with zero attached hydrogens (tertiary/aromatic N) is 3. The van der Waals surface area contributed by atoms with E-state index in [4.69, 9.17) is 4.74 Å². The molecule has 0 unspecified atom stereocenters. The van der Waals surface area contributed by atoms with Crippen molar-refractivity contribution in [1.82, 2.24) is 9.78 Å². The zero-order valence-corrected chi connectivity index (χ0v) is 16.0. The van der Waals surface area contributed by atoms with Gasteiger partial charge < -0.3 is 20.0 Å². The van der Waals surface area contributed by atoms with Crippen molar-refractivity contribution in [3.8, 4) is 5.75 Å². The van der Waals surface area contributed by atoms with Gasteiger partial charge in [0.1, 0.15) is 29.1 Å². The Kier molecular flexibility index (Phi) is 5.38. The molecule has 2 N–H and O–H groups in total. The van der Waals surface area contributed by atoms with Crippen molar-refractivity contribution in [3.05, 3.63) is 50.8 Å². The van der Waals surface area contributed by atoms with Gasteiger partial charge in [0.25, 0.3) is 0 Å². The quantitative estimate of drug-likeness (QED) is 0.537. The molecule has 0 spiro atoms. The smallest absolute Gasteiger partial charge is 0.312 e. The second kappa shape index (κ2) is 7.57. The summed E-state index contributed by atoms with van der Waals surface area (Å²) in [5.74, 6) is 0.0694. The van der Waals surface area contributed by atoms with Gasteiger partial charge in [-0.25, -0.2) is 0 Å². The molecule has 9 nitrogen and oxygen atoms in total. The Bertz CT molecular complexity index is 898. The summed E-state index contributed by atoms with van der Waals surface area (Å²) < 4.78 is 7.01. The third-order valence-electron chi connectivity index (χ3n) is 4.64. The lowest BCUT2D eigenvalue weighted by molar-refractivity contribution is -0.690. The third-order valence-corrected chi connectivity index (χ3v) is 5.98. The molecule has 2 atom stereocenters. The lowest BCUT2D eigenvalue weighted by Gasteiger charge is -2.15. The molecule has 2 heterocycles. The maximum atomic E-state index is 11.2. The molecule has 144 valence electrons. The van der Waals surface area contributed by atoms with Crippen LogP contribution in [0.2, 0.25) is 0 Å². The second-order valence-electron chi connectivity index (χ2n) is 6.38. The van der Waals surface area contributed by atoms with Gasteiger partial charge in [0.05, 0.1) is 24.3 Å². The van der Waals surface area contributed by atoms with Crippen molar-refractivity contribution >= 4 is 23.4 Å². The van der Waals surface area contributed by atoms with Gasteiger partial charge in [0.2, 0.25) is 0 Å². The highest BCUT2D eigenvalue weighted by atomic mass is 32.2. The second-order valence-corrected chi connectivity index (χ2v) is 7.55.